The second-order valence-electron chi connectivity index (χ2n) is 18.8. The summed E-state index contributed by atoms with van der Waals surface area (Å²) in [7, 11) is 1.90. The molecule has 396 valence electrons. The van der Waals surface area contributed by atoms with Crippen LogP contribution in [-0.2, 0) is 43.0 Å². The summed E-state index contributed by atoms with van der Waals surface area (Å²) in [5.41, 5.74) is 5.33. The summed E-state index contributed by atoms with van der Waals surface area (Å²) in [6.07, 6.45) is -0.106. The van der Waals surface area contributed by atoms with Crippen LogP contribution in [0.25, 0.3) is 0 Å². The van der Waals surface area contributed by atoms with Crippen LogP contribution in [0.4, 0.5) is 20.1 Å². The third kappa shape index (κ3) is 14.3. The zero-order valence-corrected chi connectivity index (χ0v) is 41.3. The number of unbranched alkanes of at least 4 members (excludes halogenated alkanes) is 2. The highest BCUT2D eigenvalue weighted by molar-refractivity contribution is 6.13. The average molecular weight is 1030 g/mol. The molecule has 4 aliphatic rings. The lowest BCUT2D eigenvalue weighted by Gasteiger charge is -2.39. The fourth-order valence-electron chi connectivity index (χ4n) is 9.03. The minimum atomic E-state index is -1.54. The molecule has 1 aliphatic carbocycles. The van der Waals surface area contributed by atoms with Crippen LogP contribution in [-0.4, -0.2) is 162 Å². The number of primary amides is 1. The Morgan fingerprint density at radius 2 is 1.49 bits per heavy atom. The van der Waals surface area contributed by atoms with Gasteiger partial charge in [-0.1, -0.05) is 30.7 Å². The van der Waals surface area contributed by atoms with Crippen molar-refractivity contribution in [3.63, 3.8) is 0 Å². The number of carbonyl (C=O) groups excluding carboxylic acids is 9. The molecule has 1 saturated carbocycles. The smallest absolute Gasteiger partial charge is 0.465 e. The first-order valence-corrected chi connectivity index (χ1v) is 24.6. The lowest BCUT2D eigenvalue weighted by atomic mass is 9.67. The van der Waals surface area contributed by atoms with Gasteiger partial charge >= 0.3 is 18.3 Å². The Balaban J connectivity index is 1.08. The monoisotopic (exact) mass is 1030 g/mol. The highest BCUT2D eigenvalue weighted by Crippen LogP contribution is 2.42. The normalized spacial score (nSPS) is 19.2. The van der Waals surface area contributed by atoms with Gasteiger partial charge in [0.15, 0.2) is 0 Å². The minimum absolute atomic E-state index is 0.0388. The first-order chi connectivity index (χ1) is 35.4. The largest absolute Gasteiger partial charge is 0.509 e. The van der Waals surface area contributed by atoms with E-state index in [0.29, 0.717) is 63.0 Å². The van der Waals surface area contributed by atoms with Crippen molar-refractivity contribution in [1.29, 1.82) is 5.26 Å². The molecule has 2 aromatic carbocycles. The SMILES string of the molecule is C[C@H](NC(=O)C1CC(OC(=O)OC(C(=O)N2CCN(C)CC2)c2ccc(NC(=O)[C@H](CCCNC(N)=O)NC(=O)C3(C(=O)NCCCCCN4C(=O)C=CC4=O)CCC3)cc2)CN1C(=O)O)c1ccc(C#N)cc1. The van der Waals surface area contributed by atoms with E-state index in [1.807, 2.05) is 18.0 Å². The van der Waals surface area contributed by atoms with Gasteiger partial charge < -0.3 is 56.7 Å². The summed E-state index contributed by atoms with van der Waals surface area (Å²) in [6, 6.07) is 10.6. The van der Waals surface area contributed by atoms with Gasteiger partial charge in [-0.15, -0.1) is 0 Å². The van der Waals surface area contributed by atoms with Gasteiger partial charge in [0.25, 0.3) is 17.7 Å². The summed E-state index contributed by atoms with van der Waals surface area (Å²) in [6.45, 7) is 3.67. The molecular weight excluding hydrogens is 963 g/mol. The van der Waals surface area contributed by atoms with Crippen LogP contribution in [0.2, 0.25) is 0 Å². The predicted octanol–water partition coefficient (Wildman–Crippen LogP) is 1.78. The maximum atomic E-state index is 14.1. The number of urea groups is 1. The lowest BCUT2D eigenvalue weighted by Crippen LogP contribution is -2.58. The Bertz CT molecular complexity index is 2480. The molecule has 0 bridgehead atoms. The maximum Gasteiger partial charge on any atom is 0.509 e. The Morgan fingerprint density at radius 1 is 0.838 bits per heavy atom. The standard InChI is InChI=1S/C50H63N11O13/c1-31(33-11-9-32(29-51)10-12-33)55-43(65)38-28-36(30-61(38)48(70)71)73-49(72)74-41(44(66)59-26-24-58(2)25-27-59)34-13-15-35(16-14-34)56-42(64)37(8-6-22-54-47(52)69)57-46(68)50(19-7-20-50)45(67)53-21-4-3-5-23-60-39(62)17-18-40(60)63/h9-18,31,36-38,41H,3-8,19-28,30H2,1-2H3,(H,53,67)(H,55,65)(H,56,64)(H,57,68)(H,70,71)(H3,52,54,69)/t31-,36?,37-,38?,41?/m0/s1. The van der Waals surface area contributed by atoms with Crippen LogP contribution in [0.1, 0.15) is 93.5 Å². The number of anilines is 1. The number of carbonyl (C=O) groups is 10. The molecule has 3 aliphatic heterocycles. The summed E-state index contributed by atoms with van der Waals surface area (Å²) in [4.78, 5) is 135. The lowest BCUT2D eigenvalue weighted by molar-refractivity contribution is -0.151. The first-order valence-electron chi connectivity index (χ1n) is 24.6. The summed E-state index contributed by atoms with van der Waals surface area (Å²) < 4.78 is 11.3. The topological polar surface area (TPSA) is 332 Å². The molecular formula is C50H63N11O13. The Kier molecular flexibility index (Phi) is 19.1. The molecule has 0 spiro atoms. The number of nitrogens with two attached hydrogens (primary N) is 1. The van der Waals surface area contributed by atoms with Crippen molar-refractivity contribution in [2.45, 2.75) is 95.0 Å². The van der Waals surface area contributed by atoms with E-state index in [1.54, 1.807) is 31.2 Å². The molecule has 74 heavy (non-hydrogen) atoms. The fraction of sp³-hybridized carbons (Fsp3) is 0.500. The van der Waals surface area contributed by atoms with Gasteiger partial charge in [-0.25, -0.2) is 14.4 Å². The van der Waals surface area contributed by atoms with Gasteiger partial charge in [-0.05, 0) is 88.7 Å². The molecule has 0 radical (unpaired) electrons. The van der Waals surface area contributed by atoms with Crippen LogP contribution in [0, 0.1) is 16.7 Å². The van der Waals surface area contributed by atoms with E-state index >= 15 is 0 Å². The summed E-state index contributed by atoms with van der Waals surface area (Å²) >= 11 is 0. The van der Waals surface area contributed by atoms with Crippen LogP contribution in [0.3, 0.4) is 0 Å². The van der Waals surface area contributed by atoms with Gasteiger partial charge in [-0.3, -0.25) is 43.4 Å². The van der Waals surface area contributed by atoms with Crippen molar-refractivity contribution >= 4 is 65.3 Å². The Morgan fingerprint density at radius 3 is 2.09 bits per heavy atom. The van der Waals surface area contributed by atoms with Crippen molar-refractivity contribution in [2.24, 2.45) is 11.1 Å². The number of imide groups is 1. The Hall–Kier alpha value is -8.07. The molecule has 6 rings (SSSR count). The number of amides is 10. The molecule has 8 N–H and O–H groups in total. The third-order valence-electron chi connectivity index (χ3n) is 13.6. The number of carboxylic acid groups (broad SMARTS) is 1. The molecule has 24 nitrogen and oxygen atoms in total. The fourth-order valence-corrected chi connectivity index (χ4v) is 9.03. The summed E-state index contributed by atoms with van der Waals surface area (Å²) in [5.74, 6) is -3.72. The van der Waals surface area contributed by atoms with E-state index in [1.165, 1.54) is 41.3 Å². The van der Waals surface area contributed by atoms with E-state index in [2.05, 4.69) is 26.6 Å². The molecule has 0 aromatic heterocycles. The second kappa shape index (κ2) is 25.5. The number of benzene rings is 2. The quantitative estimate of drug-likeness (QED) is 0.0383. The number of rotatable bonds is 22. The van der Waals surface area contributed by atoms with Crippen molar-refractivity contribution in [3.8, 4) is 6.07 Å². The van der Waals surface area contributed by atoms with Gasteiger partial charge in [0.2, 0.25) is 29.7 Å². The molecule has 2 aromatic rings. The molecule has 10 amide bonds. The second-order valence-corrected chi connectivity index (χ2v) is 18.8. The molecule has 3 heterocycles. The zero-order chi connectivity index (χ0) is 53.5. The first kappa shape index (κ1) is 55.2. The number of nitrogens with one attached hydrogen (secondary N) is 5. The van der Waals surface area contributed by atoms with Crippen molar-refractivity contribution < 1.29 is 62.5 Å². The number of likely N-dealkylation sites (N-methyl/N-ethyl adjacent to an activating group) is 1. The minimum Gasteiger partial charge on any atom is -0.465 e. The van der Waals surface area contributed by atoms with Gasteiger partial charge in [0.1, 0.15) is 23.6 Å². The molecule has 3 fully saturated rings. The van der Waals surface area contributed by atoms with E-state index in [-0.39, 0.29) is 81.3 Å². The molecule has 2 saturated heterocycles. The zero-order valence-electron chi connectivity index (χ0n) is 41.3. The number of ether oxygens (including phenoxy) is 2. The van der Waals surface area contributed by atoms with Crippen molar-refractivity contribution in [1.82, 2.24) is 40.9 Å². The number of piperazine rings is 1. The number of hydrogen-bond acceptors (Lipinski definition) is 14. The van der Waals surface area contributed by atoms with Crippen LogP contribution in [0.5, 0.6) is 0 Å². The van der Waals surface area contributed by atoms with Crippen LogP contribution in [0.15, 0.2) is 60.7 Å². The highest BCUT2D eigenvalue weighted by Gasteiger charge is 2.51. The molecule has 3 unspecified atom stereocenters. The maximum absolute atomic E-state index is 14.1. The van der Waals surface area contributed by atoms with E-state index in [9.17, 15) is 53.1 Å². The highest BCUT2D eigenvalue weighted by atomic mass is 16.7. The van der Waals surface area contributed by atoms with Crippen molar-refractivity contribution in [2.75, 3.05) is 64.7 Å². The third-order valence-corrected chi connectivity index (χ3v) is 13.6. The number of nitrogens with zero attached hydrogens (tertiary/aromatic N) is 5. The number of hydrogen-bond donors (Lipinski definition) is 7. The van der Waals surface area contributed by atoms with Gasteiger partial charge in [0.05, 0.1) is 24.2 Å². The van der Waals surface area contributed by atoms with Gasteiger partial charge in [-0.2, -0.15) is 5.26 Å². The number of likely N-dealkylation sites (tertiary alicyclic amines) is 1. The predicted molar refractivity (Wildman–Crippen MR) is 262 cm³/mol. The van der Waals surface area contributed by atoms with Crippen LogP contribution >= 0.6 is 0 Å². The summed E-state index contributed by atoms with van der Waals surface area (Å²) in [5, 5.41) is 32.6. The van der Waals surface area contributed by atoms with E-state index < -0.39 is 83.6 Å². The van der Waals surface area contributed by atoms with Crippen LogP contribution < -0.4 is 32.3 Å². The molecule has 5 atom stereocenters. The average Bonchev–Trinajstić information content (AvgIpc) is 3.93. The van der Waals surface area contributed by atoms with E-state index in [0.717, 1.165) is 9.80 Å². The number of nitriles is 1. The van der Waals surface area contributed by atoms with Crippen molar-refractivity contribution in [3.05, 3.63) is 77.4 Å². The van der Waals surface area contributed by atoms with Gasteiger partial charge in [0, 0.05) is 75.6 Å². The Labute approximate surface area is 427 Å². The molecule has 24 heteroatoms. The van der Waals surface area contributed by atoms with E-state index in [4.69, 9.17) is 20.5 Å².